The third-order valence-corrected chi connectivity index (χ3v) is 3.48. The molecule has 1 fully saturated rings. The van der Waals surface area contributed by atoms with Gasteiger partial charge in [-0.3, -0.25) is 4.90 Å². The first-order chi connectivity index (χ1) is 9.83. The minimum Gasteiger partial charge on any atom is -0.392 e. The lowest BCUT2D eigenvalue weighted by atomic mass is 10.1. The molecule has 5 nitrogen and oxygen atoms in total. The summed E-state index contributed by atoms with van der Waals surface area (Å²) in [4.78, 5) is 2.39. The second-order valence-electron chi connectivity index (χ2n) is 4.96. The van der Waals surface area contributed by atoms with Gasteiger partial charge in [0.2, 0.25) is 0 Å². The molecule has 5 heteroatoms. The van der Waals surface area contributed by atoms with Crippen LogP contribution in [0.2, 0.25) is 0 Å². The largest absolute Gasteiger partial charge is 0.392 e. The lowest BCUT2D eigenvalue weighted by Crippen LogP contribution is -2.35. The fourth-order valence-corrected chi connectivity index (χ4v) is 2.33. The summed E-state index contributed by atoms with van der Waals surface area (Å²) in [5.74, 6) is 0. The van der Waals surface area contributed by atoms with Crippen molar-refractivity contribution in [2.75, 3.05) is 51.9 Å². The third-order valence-electron chi connectivity index (χ3n) is 3.48. The Morgan fingerprint density at radius 2 is 2.15 bits per heavy atom. The Labute approximate surface area is 120 Å². The molecule has 0 spiro atoms. The van der Waals surface area contributed by atoms with Gasteiger partial charge in [-0.2, -0.15) is 0 Å². The van der Waals surface area contributed by atoms with E-state index in [-0.39, 0.29) is 6.61 Å². The molecule has 2 rings (SSSR count). The summed E-state index contributed by atoms with van der Waals surface area (Å²) in [5, 5.41) is 12.7. The Kier molecular flexibility index (Phi) is 6.26. The molecule has 2 N–H and O–H groups in total. The summed E-state index contributed by atoms with van der Waals surface area (Å²) >= 11 is 0. The molecule has 0 amide bonds. The van der Waals surface area contributed by atoms with Crippen molar-refractivity contribution < 1.29 is 14.6 Å². The highest BCUT2D eigenvalue weighted by Gasteiger charge is 2.11. The van der Waals surface area contributed by atoms with Gasteiger partial charge in [-0.1, -0.05) is 12.1 Å². The van der Waals surface area contributed by atoms with Crippen LogP contribution >= 0.6 is 0 Å². The van der Waals surface area contributed by atoms with Crippen LogP contribution in [0.4, 0.5) is 5.69 Å². The van der Waals surface area contributed by atoms with E-state index in [0.717, 1.165) is 50.6 Å². The number of benzene rings is 1. The number of nitrogens with zero attached hydrogens (tertiary/aromatic N) is 1. The highest BCUT2D eigenvalue weighted by atomic mass is 16.5. The molecule has 1 saturated heterocycles. The summed E-state index contributed by atoms with van der Waals surface area (Å²) in [5.41, 5.74) is 3.17. The van der Waals surface area contributed by atoms with E-state index in [9.17, 15) is 5.11 Å². The molecule has 1 aromatic rings. The SMILES string of the molecule is COCCNc1cc(CN2CCOCC2)ccc1CO. The maximum Gasteiger partial charge on any atom is 0.0701 e. The van der Waals surface area contributed by atoms with Gasteiger partial charge in [0.15, 0.2) is 0 Å². The van der Waals surface area contributed by atoms with Crippen molar-refractivity contribution >= 4 is 5.69 Å². The minimum atomic E-state index is 0.0488. The van der Waals surface area contributed by atoms with Gasteiger partial charge in [0.05, 0.1) is 26.4 Å². The van der Waals surface area contributed by atoms with Crippen LogP contribution in [0.3, 0.4) is 0 Å². The van der Waals surface area contributed by atoms with Crippen LogP contribution in [-0.2, 0) is 22.6 Å². The first kappa shape index (κ1) is 15.3. The van der Waals surface area contributed by atoms with Crippen molar-refractivity contribution in [1.29, 1.82) is 0 Å². The highest BCUT2D eigenvalue weighted by Crippen LogP contribution is 2.19. The number of hydrogen-bond acceptors (Lipinski definition) is 5. The second kappa shape index (κ2) is 8.21. The summed E-state index contributed by atoms with van der Waals surface area (Å²) < 4.78 is 10.4. The van der Waals surface area contributed by atoms with E-state index in [1.165, 1.54) is 5.56 Å². The molecule has 1 heterocycles. The summed E-state index contributed by atoms with van der Waals surface area (Å²) in [6.45, 7) is 5.95. The number of morpholine rings is 1. The van der Waals surface area contributed by atoms with E-state index in [0.29, 0.717) is 6.61 Å². The predicted molar refractivity (Wildman–Crippen MR) is 78.8 cm³/mol. The molecule has 0 radical (unpaired) electrons. The first-order valence-electron chi connectivity index (χ1n) is 7.09. The number of ether oxygens (including phenoxy) is 2. The van der Waals surface area contributed by atoms with Crippen LogP contribution in [0.1, 0.15) is 11.1 Å². The molecular weight excluding hydrogens is 256 g/mol. The van der Waals surface area contributed by atoms with E-state index >= 15 is 0 Å². The van der Waals surface area contributed by atoms with Gasteiger partial charge in [0.25, 0.3) is 0 Å². The molecule has 112 valence electrons. The maximum atomic E-state index is 9.39. The average molecular weight is 280 g/mol. The molecule has 0 unspecified atom stereocenters. The van der Waals surface area contributed by atoms with Gasteiger partial charge >= 0.3 is 0 Å². The zero-order valence-corrected chi connectivity index (χ0v) is 12.1. The smallest absolute Gasteiger partial charge is 0.0701 e. The summed E-state index contributed by atoms with van der Waals surface area (Å²) in [6, 6.07) is 6.20. The van der Waals surface area contributed by atoms with Crippen molar-refractivity contribution in [3.05, 3.63) is 29.3 Å². The van der Waals surface area contributed by atoms with E-state index in [4.69, 9.17) is 9.47 Å². The number of methoxy groups -OCH3 is 1. The molecule has 0 aliphatic carbocycles. The Hall–Kier alpha value is -1.14. The van der Waals surface area contributed by atoms with Crippen molar-refractivity contribution in [3.63, 3.8) is 0 Å². The first-order valence-corrected chi connectivity index (χ1v) is 7.09. The highest BCUT2D eigenvalue weighted by molar-refractivity contribution is 5.53. The normalized spacial score (nSPS) is 16.3. The van der Waals surface area contributed by atoms with Crippen molar-refractivity contribution in [2.45, 2.75) is 13.2 Å². The Bertz CT molecular complexity index is 406. The molecular formula is C15H24N2O3. The zero-order chi connectivity index (χ0) is 14.2. The van der Waals surface area contributed by atoms with Crippen LogP contribution in [0, 0.1) is 0 Å². The molecule has 0 saturated carbocycles. The van der Waals surface area contributed by atoms with Crippen molar-refractivity contribution in [1.82, 2.24) is 4.90 Å². The van der Waals surface area contributed by atoms with Gasteiger partial charge in [-0.25, -0.2) is 0 Å². The molecule has 1 aliphatic heterocycles. The number of rotatable bonds is 7. The van der Waals surface area contributed by atoms with E-state index in [1.54, 1.807) is 7.11 Å². The number of aliphatic hydroxyl groups excluding tert-OH is 1. The Morgan fingerprint density at radius 1 is 1.35 bits per heavy atom. The lowest BCUT2D eigenvalue weighted by Gasteiger charge is -2.27. The average Bonchev–Trinajstić information content (AvgIpc) is 2.49. The van der Waals surface area contributed by atoms with E-state index in [1.807, 2.05) is 6.07 Å². The van der Waals surface area contributed by atoms with E-state index in [2.05, 4.69) is 22.3 Å². The van der Waals surface area contributed by atoms with Crippen LogP contribution < -0.4 is 5.32 Å². The second-order valence-corrected chi connectivity index (χ2v) is 4.96. The maximum absolute atomic E-state index is 9.39. The van der Waals surface area contributed by atoms with E-state index < -0.39 is 0 Å². The molecule has 0 atom stereocenters. The standard InChI is InChI=1S/C15H24N2O3/c1-19-7-4-16-15-10-13(2-3-14(15)12-18)11-17-5-8-20-9-6-17/h2-3,10,16,18H,4-9,11-12H2,1H3. The van der Waals surface area contributed by atoms with Crippen molar-refractivity contribution in [2.24, 2.45) is 0 Å². The van der Waals surface area contributed by atoms with Crippen LogP contribution in [-0.4, -0.2) is 56.6 Å². The molecule has 20 heavy (non-hydrogen) atoms. The fourth-order valence-electron chi connectivity index (χ4n) is 2.33. The van der Waals surface area contributed by atoms with Gasteiger partial charge in [-0.05, 0) is 11.6 Å². The number of nitrogens with one attached hydrogen (secondary N) is 1. The van der Waals surface area contributed by atoms with Gasteiger partial charge in [0, 0.05) is 44.5 Å². The minimum absolute atomic E-state index is 0.0488. The van der Waals surface area contributed by atoms with Crippen LogP contribution in [0.25, 0.3) is 0 Å². The van der Waals surface area contributed by atoms with Gasteiger partial charge < -0.3 is 19.9 Å². The van der Waals surface area contributed by atoms with Crippen LogP contribution in [0.15, 0.2) is 18.2 Å². The number of hydrogen-bond donors (Lipinski definition) is 2. The lowest BCUT2D eigenvalue weighted by molar-refractivity contribution is 0.0342. The van der Waals surface area contributed by atoms with Gasteiger partial charge in [-0.15, -0.1) is 0 Å². The quantitative estimate of drug-likeness (QED) is 0.732. The molecule has 0 aromatic heterocycles. The van der Waals surface area contributed by atoms with Crippen molar-refractivity contribution in [3.8, 4) is 0 Å². The number of aliphatic hydroxyl groups is 1. The summed E-state index contributed by atoms with van der Waals surface area (Å²) in [7, 11) is 1.68. The fraction of sp³-hybridized carbons (Fsp3) is 0.600. The third kappa shape index (κ3) is 4.45. The molecule has 0 bridgehead atoms. The summed E-state index contributed by atoms with van der Waals surface area (Å²) in [6.07, 6.45) is 0. The van der Waals surface area contributed by atoms with Gasteiger partial charge in [0.1, 0.15) is 0 Å². The molecule has 1 aromatic carbocycles. The molecule has 1 aliphatic rings. The van der Waals surface area contributed by atoms with Crippen LogP contribution in [0.5, 0.6) is 0 Å². The topological polar surface area (TPSA) is 54.0 Å². The Morgan fingerprint density at radius 3 is 2.85 bits per heavy atom. The Balaban J connectivity index is 1.99. The monoisotopic (exact) mass is 280 g/mol. The number of anilines is 1. The zero-order valence-electron chi connectivity index (χ0n) is 12.1. The predicted octanol–water partition coefficient (Wildman–Crippen LogP) is 1.07.